The zero-order chi connectivity index (χ0) is 12.8. The Balaban J connectivity index is 2.73. The second-order valence-electron chi connectivity index (χ2n) is 3.67. The Hall–Kier alpha value is -1.63. The standard InChI is InChI=1S/C10H14N4O2S/c1-6(2)7(8(15)14-9(11)16)17-10-12-4-3-5-13-10/h3-7H,1-2H3,(H3,11,14,15,16). The summed E-state index contributed by atoms with van der Waals surface area (Å²) in [5.41, 5.74) is 4.91. The SMILES string of the molecule is CC(C)C(Sc1ncccn1)C(=O)NC(N)=O. The van der Waals surface area contributed by atoms with Crippen LogP contribution in [0.5, 0.6) is 0 Å². The highest BCUT2D eigenvalue weighted by molar-refractivity contribution is 8.00. The van der Waals surface area contributed by atoms with Gasteiger partial charge in [0.25, 0.3) is 0 Å². The maximum Gasteiger partial charge on any atom is 0.318 e. The van der Waals surface area contributed by atoms with Gasteiger partial charge in [-0.2, -0.15) is 0 Å². The molecule has 0 aromatic carbocycles. The number of carbonyl (C=O) groups excluding carboxylic acids is 2. The average molecular weight is 254 g/mol. The Labute approximate surface area is 103 Å². The Bertz CT molecular complexity index is 397. The van der Waals surface area contributed by atoms with E-state index in [1.165, 1.54) is 11.8 Å². The van der Waals surface area contributed by atoms with Gasteiger partial charge in [-0.05, 0) is 12.0 Å². The molecule has 0 spiro atoms. The normalized spacial score (nSPS) is 12.2. The smallest absolute Gasteiger partial charge is 0.318 e. The van der Waals surface area contributed by atoms with Gasteiger partial charge >= 0.3 is 6.03 Å². The summed E-state index contributed by atoms with van der Waals surface area (Å²) in [7, 11) is 0. The monoisotopic (exact) mass is 254 g/mol. The quantitative estimate of drug-likeness (QED) is 0.611. The van der Waals surface area contributed by atoms with Gasteiger partial charge in [-0.3, -0.25) is 10.1 Å². The van der Waals surface area contributed by atoms with Crippen molar-refractivity contribution in [2.45, 2.75) is 24.3 Å². The summed E-state index contributed by atoms with van der Waals surface area (Å²) >= 11 is 1.20. The van der Waals surface area contributed by atoms with Gasteiger partial charge in [0.1, 0.15) is 0 Å². The Morgan fingerprint density at radius 2 is 1.94 bits per heavy atom. The number of nitrogens with two attached hydrogens (primary N) is 1. The van der Waals surface area contributed by atoms with Crippen molar-refractivity contribution in [2.24, 2.45) is 11.7 Å². The van der Waals surface area contributed by atoms with E-state index in [2.05, 4.69) is 15.3 Å². The molecule has 1 aromatic rings. The molecule has 17 heavy (non-hydrogen) atoms. The van der Waals surface area contributed by atoms with Crippen molar-refractivity contribution in [3.8, 4) is 0 Å². The Kier molecular flexibility index (Phi) is 4.89. The lowest BCUT2D eigenvalue weighted by Crippen LogP contribution is -2.42. The van der Waals surface area contributed by atoms with Gasteiger partial charge < -0.3 is 5.73 Å². The lowest BCUT2D eigenvalue weighted by molar-refractivity contribution is -0.120. The van der Waals surface area contributed by atoms with Crippen molar-refractivity contribution in [3.63, 3.8) is 0 Å². The third-order valence-corrected chi connectivity index (χ3v) is 3.32. The first-order valence-corrected chi connectivity index (χ1v) is 5.92. The minimum Gasteiger partial charge on any atom is -0.351 e. The number of hydrogen-bond acceptors (Lipinski definition) is 5. The van der Waals surface area contributed by atoms with Crippen LogP contribution in [0, 0.1) is 5.92 Å². The molecule has 0 radical (unpaired) electrons. The predicted octanol–water partition coefficient (Wildman–Crippen LogP) is 0.788. The van der Waals surface area contributed by atoms with Crippen molar-refractivity contribution >= 4 is 23.7 Å². The summed E-state index contributed by atoms with van der Waals surface area (Å²) in [6.07, 6.45) is 3.19. The van der Waals surface area contributed by atoms with Crippen LogP contribution in [0.2, 0.25) is 0 Å². The number of imide groups is 1. The number of primary amides is 1. The first-order valence-electron chi connectivity index (χ1n) is 5.04. The molecule has 0 aliphatic rings. The Morgan fingerprint density at radius 3 is 2.41 bits per heavy atom. The van der Waals surface area contributed by atoms with E-state index in [0.717, 1.165) is 0 Å². The van der Waals surface area contributed by atoms with E-state index in [1.807, 2.05) is 13.8 Å². The third kappa shape index (κ3) is 4.39. The van der Waals surface area contributed by atoms with E-state index in [4.69, 9.17) is 5.73 Å². The van der Waals surface area contributed by atoms with Gasteiger partial charge in [-0.15, -0.1) is 0 Å². The number of rotatable bonds is 4. The van der Waals surface area contributed by atoms with E-state index < -0.39 is 17.2 Å². The Morgan fingerprint density at radius 1 is 1.35 bits per heavy atom. The first-order chi connectivity index (χ1) is 8.00. The highest BCUT2D eigenvalue weighted by Crippen LogP contribution is 2.24. The van der Waals surface area contributed by atoms with Crippen LogP contribution >= 0.6 is 11.8 Å². The van der Waals surface area contributed by atoms with Crippen molar-refractivity contribution in [3.05, 3.63) is 18.5 Å². The van der Waals surface area contributed by atoms with Crippen LogP contribution < -0.4 is 11.1 Å². The average Bonchev–Trinajstić information content (AvgIpc) is 2.25. The number of hydrogen-bond donors (Lipinski definition) is 2. The molecule has 0 bridgehead atoms. The van der Waals surface area contributed by atoms with E-state index in [0.29, 0.717) is 5.16 Å². The molecule has 0 saturated carbocycles. The maximum atomic E-state index is 11.7. The summed E-state index contributed by atoms with van der Waals surface area (Å²) in [4.78, 5) is 30.4. The topological polar surface area (TPSA) is 98.0 Å². The fraction of sp³-hybridized carbons (Fsp3) is 0.400. The van der Waals surface area contributed by atoms with Crippen LogP contribution in [0.25, 0.3) is 0 Å². The molecule has 0 aliphatic carbocycles. The molecule has 1 rings (SSSR count). The molecule has 0 saturated heterocycles. The van der Waals surface area contributed by atoms with Crippen LogP contribution in [0.3, 0.4) is 0 Å². The van der Waals surface area contributed by atoms with Gasteiger partial charge in [0.2, 0.25) is 5.91 Å². The lowest BCUT2D eigenvalue weighted by atomic mass is 10.1. The number of urea groups is 1. The molecular weight excluding hydrogens is 240 g/mol. The van der Waals surface area contributed by atoms with E-state index >= 15 is 0 Å². The molecule has 92 valence electrons. The molecule has 1 atom stereocenters. The molecule has 1 unspecified atom stereocenters. The van der Waals surface area contributed by atoms with E-state index in [1.54, 1.807) is 18.5 Å². The minimum absolute atomic E-state index is 0.0307. The van der Waals surface area contributed by atoms with Crippen molar-refractivity contribution in [1.82, 2.24) is 15.3 Å². The predicted molar refractivity (Wildman–Crippen MR) is 64.2 cm³/mol. The van der Waals surface area contributed by atoms with E-state index in [9.17, 15) is 9.59 Å². The van der Waals surface area contributed by atoms with Crippen molar-refractivity contribution in [1.29, 1.82) is 0 Å². The maximum absolute atomic E-state index is 11.7. The van der Waals surface area contributed by atoms with Crippen molar-refractivity contribution in [2.75, 3.05) is 0 Å². The van der Waals surface area contributed by atoms with Crippen molar-refractivity contribution < 1.29 is 9.59 Å². The second kappa shape index (κ2) is 6.19. The second-order valence-corrected chi connectivity index (χ2v) is 4.78. The number of aromatic nitrogens is 2. The van der Waals surface area contributed by atoms with Gasteiger partial charge in [-0.25, -0.2) is 14.8 Å². The van der Waals surface area contributed by atoms with Gasteiger partial charge in [-0.1, -0.05) is 25.6 Å². The van der Waals surface area contributed by atoms with Crippen LogP contribution in [0.4, 0.5) is 4.79 Å². The zero-order valence-corrected chi connectivity index (χ0v) is 10.4. The molecular formula is C10H14N4O2S. The van der Waals surface area contributed by atoms with Crippen LogP contribution in [-0.2, 0) is 4.79 Å². The molecule has 3 amide bonds. The van der Waals surface area contributed by atoms with Crippen LogP contribution in [0.15, 0.2) is 23.6 Å². The number of nitrogens with one attached hydrogen (secondary N) is 1. The molecule has 7 heteroatoms. The number of carbonyl (C=O) groups is 2. The summed E-state index contributed by atoms with van der Waals surface area (Å²) in [6.45, 7) is 3.75. The molecule has 0 fully saturated rings. The molecule has 3 N–H and O–H groups in total. The fourth-order valence-corrected chi connectivity index (χ4v) is 2.05. The lowest BCUT2D eigenvalue weighted by Gasteiger charge is -2.17. The minimum atomic E-state index is -0.852. The fourth-order valence-electron chi connectivity index (χ4n) is 1.14. The molecule has 6 nitrogen and oxygen atoms in total. The number of thioether (sulfide) groups is 1. The highest BCUT2D eigenvalue weighted by Gasteiger charge is 2.25. The summed E-state index contributed by atoms with van der Waals surface area (Å²) < 4.78 is 0. The summed E-state index contributed by atoms with van der Waals surface area (Å²) in [6, 6.07) is 0.841. The van der Waals surface area contributed by atoms with Gasteiger partial charge in [0, 0.05) is 12.4 Å². The highest BCUT2D eigenvalue weighted by atomic mass is 32.2. The van der Waals surface area contributed by atoms with Crippen LogP contribution in [0.1, 0.15) is 13.8 Å². The third-order valence-electron chi connectivity index (χ3n) is 1.88. The zero-order valence-electron chi connectivity index (χ0n) is 9.58. The first kappa shape index (κ1) is 13.4. The molecule has 1 heterocycles. The summed E-state index contributed by atoms with van der Waals surface area (Å²) in [5, 5.41) is 2.11. The van der Waals surface area contributed by atoms with Gasteiger partial charge in [0.05, 0.1) is 5.25 Å². The van der Waals surface area contributed by atoms with Crippen LogP contribution in [-0.4, -0.2) is 27.2 Å². The number of nitrogens with zero attached hydrogens (tertiary/aromatic N) is 2. The summed E-state index contributed by atoms with van der Waals surface area (Å²) in [5.74, 6) is -0.395. The largest absolute Gasteiger partial charge is 0.351 e. The van der Waals surface area contributed by atoms with E-state index in [-0.39, 0.29) is 5.92 Å². The molecule has 0 aliphatic heterocycles. The number of amides is 3. The van der Waals surface area contributed by atoms with Gasteiger partial charge in [0.15, 0.2) is 5.16 Å². The molecule has 1 aromatic heterocycles.